The number of hydrogen-bond donors (Lipinski definition) is 2. The summed E-state index contributed by atoms with van der Waals surface area (Å²) in [7, 11) is 0. The van der Waals surface area contributed by atoms with Crippen molar-refractivity contribution < 1.29 is 4.79 Å². The van der Waals surface area contributed by atoms with Gasteiger partial charge in [-0.1, -0.05) is 45.9 Å². The Morgan fingerprint density at radius 3 is 2.32 bits per heavy atom. The van der Waals surface area contributed by atoms with Gasteiger partial charge in [-0.25, -0.2) is 0 Å². The van der Waals surface area contributed by atoms with Crippen LogP contribution in [0.15, 0.2) is 24.3 Å². The van der Waals surface area contributed by atoms with Gasteiger partial charge in [0.15, 0.2) is 0 Å². The van der Waals surface area contributed by atoms with Gasteiger partial charge in [0.05, 0.1) is 5.41 Å². The van der Waals surface area contributed by atoms with E-state index in [1.165, 1.54) is 0 Å². The van der Waals surface area contributed by atoms with Crippen molar-refractivity contribution in [3.8, 4) is 0 Å². The quantitative estimate of drug-likeness (QED) is 0.824. The summed E-state index contributed by atoms with van der Waals surface area (Å²) in [6.07, 6.45) is 1.52. The molecular weight excluding hydrogens is 236 g/mol. The van der Waals surface area contributed by atoms with Gasteiger partial charge in [-0.2, -0.15) is 0 Å². The number of nitrogens with one attached hydrogen (secondary N) is 1. The number of carbonyl (C=O) groups excluding carboxylic acids is 1. The molecule has 1 aromatic carbocycles. The van der Waals surface area contributed by atoms with Gasteiger partial charge < -0.3 is 11.1 Å². The van der Waals surface area contributed by atoms with Crippen molar-refractivity contribution in [1.29, 1.82) is 0 Å². The molecule has 3 heteroatoms. The number of amides is 1. The average Bonchev–Trinajstić information content (AvgIpc) is 2.41. The lowest BCUT2D eigenvalue weighted by Gasteiger charge is -2.29. The first-order valence-electron chi connectivity index (χ1n) is 7.11. The largest absolute Gasteiger partial charge is 0.329 e. The van der Waals surface area contributed by atoms with Gasteiger partial charge in [-0.05, 0) is 30.4 Å². The minimum absolute atomic E-state index is 0.0353. The third-order valence-corrected chi connectivity index (χ3v) is 4.06. The summed E-state index contributed by atoms with van der Waals surface area (Å²) in [4.78, 5) is 12.5. The lowest BCUT2D eigenvalue weighted by atomic mass is 9.81. The summed E-state index contributed by atoms with van der Waals surface area (Å²) >= 11 is 0. The molecule has 106 valence electrons. The molecule has 0 saturated carbocycles. The molecule has 0 saturated heterocycles. The van der Waals surface area contributed by atoms with Crippen LogP contribution in [0.4, 0.5) is 5.69 Å². The highest BCUT2D eigenvalue weighted by Crippen LogP contribution is 2.29. The van der Waals surface area contributed by atoms with Gasteiger partial charge in [0.2, 0.25) is 5.91 Å². The van der Waals surface area contributed by atoms with Gasteiger partial charge in [0.25, 0.3) is 0 Å². The number of anilines is 1. The van der Waals surface area contributed by atoms with E-state index in [-0.39, 0.29) is 5.91 Å². The Kier molecular flexibility index (Phi) is 5.55. The molecule has 0 atom stereocenters. The molecule has 0 aromatic heterocycles. The Hall–Kier alpha value is -1.35. The second kappa shape index (κ2) is 6.71. The summed E-state index contributed by atoms with van der Waals surface area (Å²) in [5, 5.41) is 3.07. The van der Waals surface area contributed by atoms with Crippen molar-refractivity contribution in [1.82, 2.24) is 0 Å². The molecule has 0 unspecified atom stereocenters. The molecule has 3 N–H and O–H groups in total. The Labute approximate surface area is 116 Å². The van der Waals surface area contributed by atoms with E-state index in [0.29, 0.717) is 12.5 Å². The molecule has 0 radical (unpaired) electrons. The Morgan fingerprint density at radius 1 is 1.26 bits per heavy atom. The van der Waals surface area contributed by atoms with Gasteiger partial charge in [-0.15, -0.1) is 0 Å². The van der Waals surface area contributed by atoms with Crippen molar-refractivity contribution in [2.45, 2.75) is 46.5 Å². The predicted molar refractivity (Wildman–Crippen MR) is 81.2 cm³/mol. The molecule has 3 nitrogen and oxygen atoms in total. The fourth-order valence-electron chi connectivity index (χ4n) is 2.32. The first-order valence-corrected chi connectivity index (χ1v) is 7.11. The molecule has 0 fully saturated rings. The standard InChI is InChI=1S/C16H26N2O/c1-5-16(6-2,11-17)15(19)18-14-10-8-7-9-13(14)12(3)4/h7-10,12H,5-6,11,17H2,1-4H3,(H,18,19). The molecule has 0 aliphatic rings. The first-order chi connectivity index (χ1) is 9.00. The van der Waals surface area contributed by atoms with E-state index >= 15 is 0 Å². The van der Waals surface area contributed by atoms with E-state index in [0.717, 1.165) is 24.1 Å². The fraction of sp³-hybridized carbons (Fsp3) is 0.562. The van der Waals surface area contributed by atoms with Crippen molar-refractivity contribution in [3.05, 3.63) is 29.8 Å². The van der Waals surface area contributed by atoms with Crippen LogP contribution < -0.4 is 11.1 Å². The topological polar surface area (TPSA) is 55.1 Å². The predicted octanol–water partition coefficient (Wildman–Crippen LogP) is 3.51. The molecular formula is C16H26N2O. The van der Waals surface area contributed by atoms with Crippen LogP contribution in [0.25, 0.3) is 0 Å². The zero-order valence-corrected chi connectivity index (χ0v) is 12.5. The van der Waals surface area contributed by atoms with Crippen molar-refractivity contribution >= 4 is 11.6 Å². The van der Waals surface area contributed by atoms with Crippen LogP contribution in [0.2, 0.25) is 0 Å². The molecule has 0 heterocycles. The summed E-state index contributed by atoms with van der Waals surface area (Å²) in [5.74, 6) is 0.417. The van der Waals surface area contributed by atoms with Crippen LogP contribution in [-0.2, 0) is 4.79 Å². The van der Waals surface area contributed by atoms with Gasteiger partial charge in [0, 0.05) is 12.2 Å². The molecule has 0 aliphatic carbocycles. The SMILES string of the molecule is CCC(CC)(CN)C(=O)Nc1ccccc1C(C)C. The normalized spacial score (nSPS) is 11.7. The van der Waals surface area contributed by atoms with E-state index in [9.17, 15) is 4.79 Å². The lowest BCUT2D eigenvalue weighted by molar-refractivity contribution is -0.125. The zero-order valence-electron chi connectivity index (χ0n) is 12.5. The highest BCUT2D eigenvalue weighted by atomic mass is 16.2. The van der Waals surface area contributed by atoms with E-state index in [4.69, 9.17) is 5.73 Å². The number of carbonyl (C=O) groups is 1. The van der Waals surface area contributed by atoms with Gasteiger partial charge >= 0.3 is 0 Å². The van der Waals surface area contributed by atoms with E-state index in [1.54, 1.807) is 0 Å². The second-order valence-electron chi connectivity index (χ2n) is 5.39. The van der Waals surface area contributed by atoms with Gasteiger partial charge in [0.1, 0.15) is 0 Å². The van der Waals surface area contributed by atoms with Crippen molar-refractivity contribution in [2.24, 2.45) is 11.1 Å². The Bertz CT molecular complexity index is 414. The monoisotopic (exact) mass is 262 g/mol. The van der Waals surface area contributed by atoms with Gasteiger partial charge in [-0.3, -0.25) is 4.79 Å². The van der Waals surface area contributed by atoms with Crippen LogP contribution in [-0.4, -0.2) is 12.5 Å². The van der Waals surface area contributed by atoms with E-state index in [2.05, 4.69) is 25.2 Å². The van der Waals surface area contributed by atoms with Crippen molar-refractivity contribution in [2.75, 3.05) is 11.9 Å². The maximum Gasteiger partial charge on any atom is 0.231 e. The number of para-hydroxylation sites is 1. The molecule has 1 amide bonds. The zero-order chi connectivity index (χ0) is 14.5. The van der Waals surface area contributed by atoms with E-state index in [1.807, 2.05) is 32.0 Å². The smallest absolute Gasteiger partial charge is 0.231 e. The molecule has 0 spiro atoms. The summed E-state index contributed by atoms with van der Waals surface area (Å²) < 4.78 is 0. The van der Waals surface area contributed by atoms with Crippen LogP contribution in [0.5, 0.6) is 0 Å². The third-order valence-electron chi connectivity index (χ3n) is 4.06. The fourth-order valence-corrected chi connectivity index (χ4v) is 2.32. The molecule has 1 aromatic rings. The Morgan fingerprint density at radius 2 is 1.84 bits per heavy atom. The van der Waals surface area contributed by atoms with Crippen LogP contribution >= 0.6 is 0 Å². The summed E-state index contributed by atoms with van der Waals surface area (Å²) in [6, 6.07) is 7.96. The Balaban J connectivity index is 2.99. The summed E-state index contributed by atoms with van der Waals surface area (Å²) in [5.41, 5.74) is 7.43. The van der Waals surface area contributed by atoms with Crippen LogP contribution in [0.3, 0.4) is 0 Å². The minimum Gasteiger partial charge on any atom is -0.329 e. The molecule has 19 heavy (non-hydrogen) atoms. The summed E-state index contributed by atoms with van der Waals surface area (Å²) in [6.45, 7) is 8.67. The van der Waals surface area contributed by atoms with Crippen LogP contribution in [0, 0.1) is 5.41 Å². The molecule has 0 bridgehead atoms. The highest BCUT2D eigenvalue weighted by molar-refractivity contribution is 5.96. The highest BCUT2D eigenvalue weighted by Gasteiger charge is 2.33. The average molecular weight is 262 g/mol. The van der Waals surface area contributed by atoms with E-state index < -0.39 is 5.41 Å². The third kappa shape index (κ3) is 3.35. The molecule has 1 rings (SSSR count). The maximum absolute atomic E-state index is 12.5. The molecule has 0 aliphatic heterocycles. The second-order valence-corrected chi connectivity index (χ2v) is 5.39. The lowest BCUT2D eigenvalue weighted by Crippen LogP contribution is -2.41. The number of benzene rings is 1. The van der Waals surface area contributed by atoms with Crippen LogP contribution in [0.1, 0.15) is 52.0 Å². The number of nitrogens with two attached hydrogens (primary N) is 1. The number of rotatable bonds is 6. The minimum atomic E-state index is -0.454. The maximum atomic E-state index is 12.5. The van der Waals surface area contributed by atoms with Crippen molar-refractivity contribution in [3.63, 3.8) is 0 Å². The first kappa shape index (κ1) is 15.7. The number of hydrogen-bond acceptors (Lipinski definition) is 2.